The second kappa shape index (κ2) is 14.4. The number of likely N-dealkylation sites (tertiary alicyclic amines) is 1. The van der Waals surface area contributed by atoms with Gasteiger partial charge in [-0.1, -0.05) is 19.8 Å². The minimum Gasteiger partial charge on any atom is -0.357 e. The van der Waals surface area contributed by atoms with Gasteiger partial charge in [-0.15, -0.1) is 24.0 Å². The third-order valence-electron chi connectivity index (χ3n) is 5.49. The van der Waals surface area contributed by atoms with E-state index in [9.17, 15) is 4.79 Å². The average Bonchev–Trinajstić information content (AvgIpc) is 3.13. The largest absolute Gasteiger partial charge is 0.357 e. The minimum absolute atomic E-state index is 0. The number of hydrogen-bond donors (Lipinski definition) is 3. The van der Waals surface area contributed by atoms with Crippen LogP contribution in [-0.2, 0) is 4.79 Å². The Labute approximate surface area is 182 Å². The van der Waals surface area contributed by atoms with Crippen molar-refractivity contribution in [1.82, 2.24) is 20.9 Å². The van der Waals surface area contributed by atoms with E-state index in [0.717, 1.165) is 50.8 Å². The minimum atomic E-state index is 0. The molecule has 0 atom stereocenters. The lowest BCUT2D eigenvalue weighted by Gasteiger charge is -2.29. The smallest absolute Gasteiger partial charge is 0.221 e. The number of nitrogens with one attached hydrogen (secondary N) is 3. The van der Waals surface area contributed by atoms with Crippen molar-refractivity contribution in [1.29, 1.82) is 0 Å². The van der Waals surface area contributed by atoms with Crippen molar-refractivity contribution in [2.45, 2.75) is 71.3 Å². The second-order valence-electron chi connectivity index (χ2n) is 7.86. The molecule has 0 aromatic rings. The van der Waals surface area contributed by atoms with E-state index in [1.54, 1.807) is 0 Å². The molecule has 0 aromatic heterocycles. The first-order chi connectivity index (χ1) is 12.7. The number of piperidine rings is 1. The van der Waals surface area contributed by atoms with Crippen LogP contribution in [0.25, 0.3) is 0 Å². The molecule has 27 heavy (non-hydrogen) atoms. The van der Waals surface area contributed by atoms with Crippen LogP contribution >= 0.6 is 24.0 Å². The summed E-state index contributed by atoms with van der Waals surface area (Å²) in [4.78, 5) is 19.2. The van der Waals surface area contributed by atoms with Crippen LogP contribution < -0.4 is 16.0 Å². The lowest BCUT2D eigenvalue weighted by Crippen LogP contribution is -2.40. The molecule has 1 heterocycles. The van der Waals surface area contributed by atoms with E-state index in [2.05, 4.69) is 39.7 Å². The first-order valence-corrected chi connectivity index (χ1v) is 10.7. The van der Waals surface area contributed by atoms with Gasteiger partial charge in [0.05, 0.1) is 0 Å². The van der Waals surface area contributed by atoms with Gasteiger partial charge in [0.2, 0.25) is 5.91 Å². The van der Waals surface area contributed by atoms with Gasteiger partial charge in [-0.3, -0.25) is 9.79 Å². The molecule has 158 valence electrons. The highest BCUT2D eigenvalue weighted by atomic mass is 127. The Kier molecular flexibility index (Phi) is 13.1. The highest BCUT2D eigenvalue weighted by molar-refractivity contribution is 14.0. The second-order valence-corrected chi connectivity index (χ2v) is 7.86. The van der Waals surface area contributed by atoms with Crippen molar-refractivity contribution in [2.75, 3.05) is 39.3 Å². The molecule has 6 nitrogen and oxygen atoms in total. The van der Waals surface area contributed by atoms with Gasteiger partial charge in [0.25, 0.3) is 0 Å². The Morgan fingerprint density at radius 1 is 1.11 bits per heavy atom. The van der Waals surface area contributed by atoms with Gasteiger partial charge in [-0.25, -0.2) is 0 Å². The highest BCUT2D eigenvalue weighted by Gasteiger charge is 2.17. The van der Waals surface area contributed by atoms with E-state index >= 15 is 0 Å². The van der Waals surface area contributed by atoms with Crippen LogP contribution in [-0.4, -0.2) is 62.1 Å². The lowest BCUT2D eigenvalue weighted by molar-refractivity contribution is -0.121. The molecule has 2 aliphatic rings. The normalized spacial score (nSPS) is 19.6. The molecule has 0 bridgehead atoms. The Morgan fingerprint density at radius 2 is 1.81 bits per heavy atom. The summed E-state index contributed by atoms with van der Waals surface area (Å²) < 4.78 is 0. The number of hydrogen-bond acceptors (Lipinski definition) is 3. The number of carbonyl (C=O) groups excluding carboxylic acids is 1. The number of amides is 1. The molecule has 0 aromatic carbocycles. The Bertz CT molecular complexity index is 432. The van der Waals surface area contributed by atoms with E-state index in [0.29, 0.717) is 19.0 Å². The molecule has 0 unspecified atom stereocenters. The van der Waals surface area contributed by atoms with Gasteiger partial charge in [0, 0.05) is 32.1 Å². The zero-order chi connectivity index (χ0) is 18.6. The molecule has 0 spiro atoms. The van der Waals surface area contributed by atoms with Crippen molar-refractivity contribution >= 4 is 35.8 Å². The summed E-state index contributed by atoms with van der Waals surface area (Å²) in [7, 11) is 0. The van der Waals surface area contributed by atoms with E-state index in [1.807, 2.05) is 0 Å². The Balaban J connectivity index is 0.00000364. The van der Waals surface area contributed by atoms with Gasteiger partial charge in [0.1, 0.15) is 0 Å². The maximum atomic E-state index is 12.0. The first-order valence-electron chi connectivity index (χ1n) is 10.7. The van der Waals surface area contributed by atoms with Gasteiger partial charge >= 0.3 is 0 Å². The van der Waals surface area contributed by atoms with E-state index in [1.165, 1.54) is 38.8 Å². The van der Waals surface area contributed by atoms with Crippen molar-refractivity contribution in [3.05, 3.63) is 0 Å². The van der Waals surface area contributed by atoms with Gasteiger partial charge in [-0.2, -0.15) is 0 Å². The fourth-order valence-corrected chi connectivity index (χ4v) is 3.78. The Hall–Kier alpha value is -0.570. The zero-order valence-corrected chi connectivity index (χ0v) is 19.6. The predicted octanol–water partition coefficient (Wildman–Crippen LogP) is 2.73. The first kappa shape index (κ1) is 24.5. The Morgan fingerprint density at radius 3 is 2.48 bits per heavy atom. The molecule has 1 saturated carbocycles. The molecular formula is C20H40IN5O. The number of guanidine groups is 1. The molecule has 1 saturated heterocycles. The molecule has 1 aliphatic carbocycles. The summed E-state index contributed by atoms with van der Waals surface area (Å²) in [5.74, 6) is 1.87. The molecule has 1 aliphatic heterocycles. The van der Waals surface area contributed by atoms with Crippen LogP contribution in [0.5, 0.6) is 0 Å². The van der Waals surface area contributed by atoms with Gasteiger partial charge in [-0.05, 0) is 64.6 Å². The van der Waals surface area contributed by atoms with E-state index in [-0.39, 0.29) is 29.9 Å². The van der Waals surface area contributed by atoms with Crippen LogP contribution in [0, 0.1) is 5.92 Å². The maximum absolute atomic E-state index is 12.0. The SMILES string of the molecule is CCNC(=NCCCN1CCC(C)CC1)NCCC(=O)NC1CCCC1.I. The lowest BCUT2D eigenvalue weighted by atomic mass is 9.99. The zero-order valence-electron chi connectivity index (χ0n) is 17.3. The van der Waals surface area contributed by atoms with Crippen molar-refractivity contribution < 1.29 is 4.79 Å². The average molecular weight is 493 g/mol. The molecule has 3 N–H and O–H groups in total. The van der Waals surface area contributed by atoms with Crippen molar-refractivity contribution in [3.63, 3.8) is 0 Å². The fraction of sp³-hybridized carbons (Fsp3) is 0.900. The van der Waals surface area contributed by atoms with Crippen molar-refractivity contribution in [3.8, 4) is 0 Å². The number of carbonyl (C=O) groups is 1. The van der Waals surface area contributed by atoms with Crippen LogP contribution in [0.15, 0.2) is 4.99 Å². The van der Waals surface area contributed by atoms with Gasteiger partial charge in [0.15, 0.2) is 5.96 Å². The van der Waals surface area contributed by atoms with Crippen molar-refractivity contribution in [2.24, 2.45) is 10.9 Å². The van der Waals surface area contributed by atoms with E-state index < -0.39 is 0 Å². The summed E-state index contributed by atoms with van der Waals surface area (Å²) in [6.45, 7) is 10.3. The van der Waals surface area contributed by atoms with Crippen LogP contribution in [0.3, 0.4) is 0 Å². The number of nitrogens with zero attached hydrogens (tertiary/aromatic N) is 2. The fourth-order valence-electron chi connectivity index (χ4n) is 3.78. The topological polar surface area (TPSA) is 68.8 Å². The number of rotatable bonds is 9. The third-order valence-corrected chi connectivity index (χ3v) is 5.49. The molecule has 7 heteroatoms. The standard InChI is InChI=1S/C20H39N5O.HI/c1-3-21-20(22-12-6-14-25-15-10-17(2)11-16-25)23-13-9-19(26)24-18-7-4-5-8-18;/h17-18H,3-16H2,1-2H3,(H,24,26)(H2,21,22,23);1H. The number of halogens is 1. The molecule has 0 radical (unpaired) electrons. The maximum Gasteiger partial charge on any atom is 0.221 e. The monoisotopic (exact) mass is 493 g/mol. The third kappa shape index (κ3) is 10.5. The van der Waals surface area contributed by atoms with Crippen LogP contribution in [0.2, 0.25) is 0 Å². The summed E-state index contributed by atoms with van der Waals surface area (Å²) in [6, 6.07) is 0.405. The number of aliphatic imine (C=N–C) groups is 1. The molecule has 2 rings (SSSR count). The molecule has 1 amide bonds. The van der Waals surface area contributed by atoms with Crippen LogP contribution in [0.4, 0.5) is 0 Å². The summed E-state index contributed by atoms with van der Waals surface area (Å²) in [5.41, 5.74) is 0. The predicted molar refractivity (Wildman–Crippen MR) is 124 cm³/mol. The van der Waals surface area contributed by atoms with Gasteiger partial charge < -0.3 is 20.9 Å². The summed E-state index contributed by atoms with van der Waals surface area (Å²) >= 11 is 0. The molecule has 2 fully saturated rings. The van der Waals surface area contributed by atoms with E-state index in [4.69, 9.17) is 0 Å². The molecular weight excluding hydrogens is 453 g/mol. The summed E-state index contributed by atoms with van der Waals surface area (Å²) in [5, 5.41) is 9.68. The summed E-state index contributed by atoms with van der Waals surface area (Å²) in [6.07, 6.45) is 9.03. The quantitative estimate of drug-likeness (QED) is 0.200. The highest BCUT2D eigenvalue weighted by Crippen LogP contribution is 2.17. The van der Waals surface area contributed by atoms with Crippen LogP contribution in [0.1, 0.15) is 65.2 Å².